The highest BCUT2D eigenvalue weighted by atomic mass is 79.9. The van der Waals surface area contributed by atoms with Crippen LogP contribution in [0.25, 0.3) is 0 Å². The molecule has 2 rings (SSSR count). The maximum atomic E-state index is 11.9. The molecule has 1 amide bonds. The number of aromatic nitrogens is 2. The van der Waals surface area contributed by atoms with E-state index in [1.807, 2.05) is 0 Å². The van der Waals surface area contributed by atoms with Crippen LogP contribution in [0.1, 0.15) is 10.4 Å². The minimum Gasteiger partial charge on any atom is -0.319 e. The van der Waals surface area contributed by atoms with Gasteiger partial charge in [0.05, 0.1) is 22.5 Å². The Bertz CT molecular complexity index is 562. The molecule has 0 aliphatic heterocycles. The summed E-state index contributed by atoms with van der Waals surface area (Å²) >= 11 is 9.16. The van der Waals surface area contributed by atoms with E-state index in [9.17, 15) is 4.79 Å². The Morgan fingerprint density at radius 1 is 1.29 bits per heavy atom. The van der Waals surface area contributed by atoms with Gasteiger partial charge in [-0.15, -0.1) is 0 Å². The molecule has 0 radical (unpaired) electrons. The monoisotopic (exact) mass is 311 g/mol. The molecule has 2 heterocycles. The van der Waals surface area contributed by atoms with E-state index >= 15 is 0 Å². The lowest BCUT2D eigenvalue weighted by Gasteiger charge is -2.06. The van der Waals surface area contributed by atoms with E-state index in [1.54, 1.807) is 24.5 Å². The average molecular weight is 313 g/mol. The average Bonchev–Trinajstić information content (AvgIpc) is 2.32. The molecular formula is C11H7BrClN3O. The normalized spacial score (nSPS) is 10.0. The molecule has 2 aromatic rings. The van der Waals surface area contributed by atoms with Crippen LogP contribution < -0.4 is 5.32 Å². The van der Waals surface area contributed by atoms with Crippen LogP contribution in [0.3, 0.4) is 0 Å². The highest BCUT2D eigenvalue weighted by molar-refractivity contribution is 9.10. The standard InChI is InChI=1S/C11H7BrClN3O/c12-8-3-7(4-15-5-8)11(17)16-10-6-14-2-1-9(10)13/h1-6H,(H,16,17). The third-order valence-electron chi connectivity index (χ3n) is 1.98. The topological polar surface area (TPSA) is 54.9 Å². The van der Waals surface area contributed by atoms with E-state index in [1.165, 1.54) is 12.4 Å². The van der Waals surface area contributed by atoms with Crippen molar-refractivity contribution in [3.8, 4) is 0 Å². The number of carbonyl (C=O) groups excluding carboxylic acids is 1. The van der Waals surface area contributed by atoms with Gasteiger partial charge in [0.1, 0.15) is 0 Å². The van der Waals surface area contributed by atoms with Gasteiger partial charge in [-0.25, -0.2) is 0 Å². The number of pyridine rings is 2. The van der Waals surface area contributed by atoms with Gasteiger partial charge >= 0.3 is 0 Å². The number of nitrogens with zero attached hydrogens (tertiary/aromatic N) is 2. The summed E-state index contributed by atoms with van der Waals surface area (Å²) in [4.78, 5) is 19.7. The first-order chi connectivity index (χ1) is 8.16. The Kier molecular flexibility index (Phi) is 3.71. The largest absolute Gasteiger partial charge is 0.319 e. The van der Waals surface area contributed by atoms with Gasteiger partial charge in [0.2, 0.25) is 0 Å². The number of hydrogen-bond donors (Lipinski definition) is 1. The van der Waals surface area contributed by atoms with Crippen molar-refractivity contribution in [2.24, 2.45) is 0 Å². The lowest BCUT2D eigenvalue weighted by atomic mass is 10.2. The van der Waals surface area contributed by atoms with Gasteiger partial charge in [0.25, 0.3) is 5.91 Å². The summed E-state index contributed by atoms with van der Waals surface area (Å²) in [6.45, 7) is 0. The van der Waals surface area contributed by atoms with Crippen molar-refractivity contribution in [1.82, 2.24) is 9.97 Å². The van der Waals surface area contributed by atoms with Crippen LogP contribution in [0.2, 0.25) is 5.02 Å². The van der Waals surface area contributed by atoms with Crippen LogP contribution in [0.5, 0.6) is 0 Å². The first-order valence-electron chi connectivity index (χ1n) is 4.68. The van der Waals surface area contributed by atoms with Gasteiger partial charge in [0, 0.05) is 23.1 Å². The third kappa shape index (κ3) is 3.01. The van der Waals surface area contributed by atoms with Crippen molar-refractivity contribution in [2.45, 2.75) is 0 Å². The molecule has 0 atom stereocenters. The summed E-state index contributed by atoms with van der Waals surface area (Å²) in [6.07, 6.45) is 6.13. The summed E-state index contributed by atoms with van der Waals surface area (Å²) in [6, 6.07) is 3.28. The fraction of sp³-hybridized carbons (Fsp3) is 0. The van der Waals surface area contributed by atoms with E-state index in [0.29, 0.717) is 16.3 Å². The molecule has 0 unspecified atom stereocenters. The van der Waals surface area contributed by atoms with Gasteiger partial charge in [0.15, 0.2) is 0 Å². The molecule has 17 heavy (non-hydrogen) atoms. The van der Waals surface area contributed by atoms with Gasteiger partial charge in [-0.1, -0.05) is 11.6 Å². The minimum atomic E-state index is -0.284. The molecule has 86 valence electrons. The zero-order valence-corrected chi connectivity index (χ0v) is 10.9. The molecule has 0 saturated heterocycles. The predicted molar refractivity (Wildman–Crippen MR) is 69.1 cm³/mol. The zero-order chi connectivity index (χ0) is 12.3. The molecule has 2 aromatic heterocycles. The molecule has 4 nitrogen and oxygen atoms in total. The van der Waals surface area contributed by atoms with Crippen molar-refractivity contribution in [3.05, 3.63) is 52.0 Å². The van der Waals surface area contributed by atoms with Crippen LogP contribution >= 0.6 is 27.5 Å². The van der Waals surface area contributed by atoms with Crippen molar-refractivity contribution < 1.29 is 4.79 Å². The van der Waals surface area contributed by atoms with E-state index in [2.05, 4.69) is 31.2 Å². The summed E-state index contributed by atoms with van der Waals surface area (Å²) in [5.74, 6) is -0.284. The Labute approximate surface area is 111 Å². The summed E-state index contributed by atoms with van der Waals surface area (Å²) in [7, 11) is 0. The van der Waals surface area contributed by atoms with Crippen molar-refractivity contribution in [2.75, 3.05) is 5.32 Å². The summed E-state index contributed by atoms with van der Waals surface area (Å²) in [5, 5.41) is 3.10. The van der Waals surface area contributed by atoms with E-state index < -0.39 is 0 Å². The van der Waals surface area contributed by atoms with Gasteiger partial charge in [-0.3, -0.25) is 14.8 Å². The highest BCUT2D eigenvalue weighted by Crippen LogP contribution is 2.20. The van der Waals surface area contributed by atoms with Crippen LogP contribution in [0, 0.1) is 0 Å². The first-order valence-corrected chi connectivity index (χ1v) is 5.85. The molecule has 0 aliphatic rings. The number of rotatable bonds is 2. The van der Waals surface area contributed by atoms with Crippen LogP contribution in [-0.2, 0) is 0 Å². The number of hydrogen-bond acceptors (Lipinski definition) is 3. The van der Waals surface area contributed by atoms with Gasteiger partial charge in [-0.2, -0.15) is 0 Å². The molecule has 0 saturated carbocycles. The van der Waals surface area contributed by atoms with Crippen molar-refractivity contribution >= 4 is 39.1 Å². The number of nitrogens with one attached hydrogen (secondary N) is 1. The second kappa shape index (κ2) is 5.25. The number of carbonyl (C=O) groups is 1. The van der Waals surface area contributed by atoms with E-state index in [-0.39, 0.29) is 5.91 Å². The zero-order valence-electron chi connectivity index (χ0n) is 8.52. The minimum absolute atomic E-state index is 0.284. The van der Waals surface area contributed by atoms with Crippen LogP contribution in [0.4, 0.5) is 5.69 Å². The second-order valence-corrected chi connectivity index (χ2v) is 4.52. The summed E-state index contributed by atoms with van der Waals surface area (Å²) < 4.78 is 0.738. The van der Waals surface area contributed by atoms with E-state index in [4.69, 9.17) is 11.6 Å². The molecule has 0 spiro atoms. The fourth-order valence-electron chi connectivity index (χ4n) is 1.20. The molecule has 0 aliphatic carbocycles. The molecule has 0 fully saturated rings. The third-order valence-corrected chi connectivity index (χ3v) is 2.75. The molecule has 1 N–H and O–H groups in total. The Morgan fingerprint density at radius 3 is 2.82 bits per heavy atom. The number of anilines is 1. The first kappa shape index (κ1) is 12.0. The fourth-order valence-corrected chi connectivity index (χ4v) is 1.72. The van der Waals surface area contributed by atoms with Gasteiger partial charge in [-0.05, 0) is 28.1 Å². The van der Waals surface area contributed by atoms with Crippen molar-refractivity contribution in [3.63, 3.8) is 0 Å². The predicted octanol–water partition coefficient (Wildman–Crippen LogP) is 3.14. The number of halogens is 2. The molecule has 6 heteroatoms. The number of amides is 1. The van der Waals surface area contributed by atoms with Gasteiger partial charge < -0.3 is 5.32 Å². The second-order valence-electron chi connectivity index (χ2n) is 3.20. The Hall–Kier alpha value is -1.46. The molecule has 0 bridgehead atoms. The lowest BCUT2D eigenvalue weighted by Crippen LogP contribution is -2.12. The SMILES string of the molecule is O=C(Nc1cnccc1Cl)c1cncc(Br)c1. The maximum absolute atomic E-state index is 11.9. The maximum Gasteiger partial charge on any atom is 0.257 e. The lowest BCUT2D eigenvalue weighted by molar-refractivity contribution is 0.102. The Balaban J connectivity index is 2.20. The molecular weight excluding hydrogens is 305 g/mol. The quantitative estimate of drug-likeness (QED) is 0.927. The van der Waals surface area contributed by atoms with Crippen molar-refractivity contribution in [1.29, 1.82) is 0 Å². The van der Waals surface area contributed by atoms with Crippen LogP contribution in [-0.4, -0.2) is 15.9 Å². The molecule has 0 aromatic carbocycles. The summed E-state index contributed by atoms with van der Waals surface area (Å²) in [5.41, 5.74) is 0.915. The Morgan fingerprint density at radius 2 is 2.12 bits per heavy atom. The highest BCUT2D eigenvalue weighted by Gasteiger charge is 2.09. The smallest absolute Gasteiger partial charge is 0.257 e. The van der Waals surface area contributed by atoms with E-state index in [0.717, 1.165) is 4.47 Å². The van der Waals surface area contributed by atoms with Crippen LogP contribution in [0.15, 0.2) is 41.4 Å².